The van der Waals surface area contributed by atoms with E-state index < -0.39 is 17.3 Å². The van der Waals surface area contributed by atoms with Crippen molar-refractivity contribution < 1.29 is 74.6 Å². The molecular weight excluding hydrogens is 175 g/mol. The maximum absolute atomic E-state index is 8.89. The Morgan fingerprint density at radius 2 is 1.67 bits per heavy atom. The second-order valence-electron chi connectivity index (χ2n) is 0.709. The molecule has 7 heteroatoms. The van der Waals surface area contributed by atoms with Crippen LogP contribution in [0.15, 0.2) is 0 Å². The third kappa shape index (κ3) is 342. The quantitative estimate of drug-likeness (QED) is 0.297. The van der Waals surface area contributed by atoms with Gasteiger partial charge in [0.2, 0.25) is 0 Å². The zero-order valence-electron chi connectivity index (χ0n) is 4.99. The summed E-state index contributed by atoms with van der Waals surface area (Å²) in [5.74, 6) is -1.08. The molecule has 0 spiro atoms. The molecule has 1 unspecified atom stereocenters. The maximum atomic E-state index is 8.89. The van der Waals surface area contributed by atoms with Gasteiger partial charge in [0.1, 0.15) is 0 Å². The first-order valence-corrected chi connectivity index (χ1v) is 2.46. The number of hydrogen-bond donors (Lipinski definition) is 1. The fourth-order valence-corrected chi connectivity index (χ4v) is 0. The van der Waals surface area contributed by atoms with Crippen LogP contribution in [0.4, 0.5) is 0 Å². The van der Waals surface area contributed by atoms with Gasteiger partial charge in [0, 0.05) is 5.97 Å². The smallest absolute Gasteiger partial charge is 0.750 e. The Labute approximate surface area is 97.4 Å². The number of hydrogen-bond acceptors (Lipinski definition) is 4. The first-order chi connectivity index (χ1) is 3.46. The summed E-state index contributed by atoms with van der Waals surface area (Å²) in [5, 5.41) is 8.89. The molecule has 0 amide bonds. The van der Waals surface area contributed by atoms with Crippen LogP contribution in [0.25, 0.3) is 0 Å². The van der Waals surface area contributed by atoms with Gasteiger partial charge in [0.05, 0.1) is 11.4 Å². The predicted molar refractivity (Wildman–Crippen MR) is 22.2 cm³/mol. The van der Waals surface area contributed by atoms with Crippen molar-refractivity contribution in [2.75, 3.05) is 0 Å². The Balaban J connectivity index is -0.0000000720. The standard InChI is InChI=1S/C2H4O2.K.H2O3S/c1-2(3)4;;1-4(2)3/h1H3,(H,3,4);;(H2,1,2,3)/q;+1;/p-2. The van der Waals surface area contributed by atoms with Crippen molar-refractivity contribution in [3.63, 3.8) is 0 Å². The Kier molecular flexibility index (Phi) is 22.0. The molecule has 1 atom stereocenters. The minimum absolute atomic E-state index is 0. The second kappa shape index (κ2) is 11.9. The Morgan fingerprint density at radius 3 is 1.67 bits per heavy atom. The predicted octanol–water partition coefficient (Wildman–Crippen LogP) is -4.90. The van der Waals surface area contributed by atoms with Gasteiger partial charge in [-0.3, -0.25) is 0 Å². The number of rotatable bonds is 0. The normalized spacial score (nSPS) is 9.67. The average molecular weight is 179 g/mol. The molecule has 0 aromatic carbocycles. The van der Waals surface area contributed by atoms with Crippen molar-refractivity contribution >= 4 is 17.3 Å². The zero-order valence-corrected chi connectivity index (χ0v) is 8.93. The molecule has 50 valence electrons. The summed E-state index contributed by atoms with van der Waals surface area (Å²) in [4.78, 5) is 8.89. The fraction of sp³-hybridized carbons (Fsp3) is 0.500. The first-order valence-electron chi connectivity index (χ1n) is 1.42. The molecule has 0 heterocycles. The van der Waals surface area contributed by atoms with Gasteiger partial charge in [-0.2, -0.15) is 0 Å². The molecule has 0 aromatic rings. The molecule has 0 aliphatic carbocycles. The van der Waals surface area contributed by atoms with Crippen molar-refractivity contribution in [3.05, 3.63) is 0 Å². The summed E-state index contributed by atoms with van der Waals surface area (Å²) in [6.45, 7) is 0.972. The molecule has 0 fully saturated rings. The van der Waals surface area contributed by atoms with Crippen molar-refractivity contribution in [1.82, 2.24) is 0 Å². The van der Waals surface area contributed by atoms with Crippen molar-refractivity contribution in [3.8, 4) is 0 Å². The van der Waals surface area contributed by atoms with Crippen LogP contribution in [0.3, 0.4) is 0 Å². The van der Waals surface area contributed by atoms with Gasteiger partial charge in [-0.15, -0.1) is 0 Å². The monoisotopic (exact) mass is 179 g/mol. The average Bonchev–Trinajstić information content (AvgIpc) is 1.25. The van der Waals surface area contributed by atoms with E-state index in [4.69, 9.17) is 23.2 Å². The number of carboxylic acids is 1. The van der Waals surface area contributed by atoms with Gasteiger partial charge in [-0.25, -0.2) is 4.21 Å². The number of carbonyl (C=O) groups excluding carboxylic acids is 1. The maximum Gasteiger partial charge on any atom is 1.00 e. The molecule has 0 aromatic heterocycles. The van der Waals surface area contributed by atoms with E-state index in [9.17, 15) is 0 Å². The summed E-state index contributed by atoms with van der Waals surface area (Å²) in [6.07, 6.45) is 0. The van der Waals surface area contributed by atoms with E-state index in [0.717, 1.165) is 6.92 Å². The van der Waals surface area contributed by atoms with Crippen LogP contribution in [-0.2, 0) is 16.2 Å². The summed E-state index contributed by atoms with van der Waals surface area (Å²) < 4.78 is 24.1. The first kappa shape index (κ1) is 16.6. The Hall–Kier alpha value is 1.18. The van der Waals surface area contributed by atoms with Crippen LogP contribution in [0.1, 0.15) is 6.92 Å². The van der Waals surface area contributed by atoms with Crippen LogP contribution < -0.4 is 56.5 Å². The van der Waals surface area contributed by atoms with Crippen LogP contribution in [0.2, 0.25) is 0 Å². The van der Waals surface area contributed by atoms with E-state index in [1.54, 1.807) is 0 Å². The minimum atomic E-state index is -2.86. The summed E-state index contributed by atoms with van der Waals surface area (Å²) in [7, 11) is 0. The van der Waals surface area contributed by atoms with E-state index in [1.807, 2.05) is 0 Å². The molecule has 0 bridgehead atoms. The summed E-state index contributed by atoms with van der Waals surface area (Å²) >= 11 is -2.86. The van der Waals surface area contributed by atoms with Gasteiger partial charge in [-0.05, 0) is 6.92 Å². The van der Waals surface area contributed by atoms with Crippen LogP contribution in [-0.4, -0.2) is 19.3 Å². The number of carbonyl (C=O) groups is 1. The minimum Gasteiger partial charge on any atom is -0.750 e. The largest absolute Gasteiger partial charge is 1.00 e. The molecular formula is C2H4KO5S-. The topological polar surface area (TPSA) is 100 Å². The van der Waals surface area contributed by atoms with Gasteiger partial charge >= 0.3 is 51.4 Å². The fourth-order valence-electron chi connectivity index (χ4n) is 0. The molecule has 1 N–H and O–H groups in total. The Bertz CT molecular complexity index is 73.0. The van der Waals surface area contributed by atoms with Gasteiger partial charge in [0.25, 0.3) is 0 Å². The van der Waals surface area contributed by atoms with Crippen molar-refractivity contribution in [2.45, 2.75) is 6.92 Å². The molecule has 0 saturated carbocycles. The van der Waals surface area contributed by atoms with E-state index in [0.29, 0.717) is 0 Å². The van der Waals surface area contributed by atoms with Crippen LogP contribution in [0, 0.1) is 0 Å². The third-order valence-electron chi connectivity index (χ3n) is 0. The van der Waals surface area contributed by atoms with E-state index >= 15 is 0 Å². The van der Waals surface area contributed by atoms with Gasteiger partial charge in [-0.1, -0.05) is 0 Å². The van der Waals surface area contributed by atoms with Crippen LogP contribution in [0.5, 0.6) is 0 Å². The Morgan fingerprint density at radius 1 is 1.67 bits per heavy atom. The summed E-state index contributed by atoms with van der Waals surface area (Å²) in [6, 6.07) is 0. The number of carboxylic acid groups (broad SMARTS) is 1. The molecule has 0 saturated heterocycles. The number of aliphatic carboxylic acids is 1. The van der Waals surface area contributed by atoms with E-state index in [1.165, 1.54) is 0 Å². The van der Waals surface area contributed by atoms with E-state index in [-0.39, 0.29) is 51.4 Å². The molecule has 9 heavy (non-hydrogen) atoms. The SMILES string of the molecule is CC(=O)[O-].O=S([O-])O.[K+]. The second-order valence-corrected chi connectivity index (χ2v) is 1.14. The molecule has 0 rings (SSSR count). The van der Waals surface area contributed by atoms with Gasteiger partial charge < -0.3 is 19.0 Å². The van der Waals surface area contributed by atoms with Crippen molar-refractivity contribution in [1.29, 1.82) is 0 Å². The molecule has 0 radical (unpaired) electrons. The van der Waals surface area contributed by atoms with Crippen LogP contribution >= 0.6 is 0 Å². The molecule has 5 nitrogen and oxygen atoms in total. The summed E-state index contributed by atoms with van der Waals surface area (Å²) in [5.41, 5.74) is 0. The van der Waals surface area contributed by atoms with Gasteiger partial charge in [0.15, 0.2) is 0 Å². The third-order valence-corrected chi connectivity index (χ3v) is 0. The molecule has 0 aliphatic rings. The zero-order chi connectivity index (χ0) is 7.15. The molecule has 0 aliphatic heterocycles. The van der Waals surface area contributed by atoms with E-state index in [2.05, 4.69) is 0 Å². The van der Waals surface area contributed by atoms with Crippen molar-refractivity contribution in [2.24, 2.45) is 0 Å².